The van der Waals surface area contributed by atoms with Crippen LogP contribution in [0.4, 0.5) is 0 Å². The topological polar surface area (TPSA) is 44.5 Å². The van der Waals surface area contributed by atoms with E-state index in [2.05, 4.69) is 16.8 Å². The third-order valence-electron chi connectivity index (χ3n) is 2.16. The standard InChI is InChI=1S/C10H17NO2S/c1-12-10(13-2)9(11)4-3-8-5-6-14-7-8/h5-7,9-10H,3-4,11H2,1-2H3. The van der Waals surface area contributed by atoms with Gasteiger partial charge in [0.1, 0.15) is 0 Å². The molecule has 0 aromatic carbocycles. The van der Waals surface area contributed by atoms with Crippen LogP contribution in [0.2, 0.25) is 0 Å². The van der Waals surface area contributed by atoms with E-state index in [4.69, 9.17) is 15.2 Å². The Morgan fingerprint density at radius 1 is 1.43 bits per heavy atom. The molecule has 1 aromatic heterocycles. The van der Waals surface area contributed by atoms with Gasteiger partial charge in [0.15, 0.2) is 6.29 Å². The number of rotatable bonds is 6. The summed E-state index contributed by atoms with van der Waals surface area (Å²) in [4.78, 5) is 0. The molecule has 80 valence electrons. The molecule has 0 bridgehead atoms. The van der Waals surface area contributed by atoms with E-state index in [1.807, 2.05) is 0 Å². The Bertz CT molecular complexity index is 234. The average molecular weight is 215 g/mol. The first-order valence-electron chi connectivity index (χ1n) is 4.60. The van der Waals surface area contributed by atoms with Crippen molar-refractivity contribution in [1.29, 1.82) is 0 Å². The van der Waals surface area contributed by atoms with Crippen molar-refractivity contribution < 1.29 is 9.47 Å². The van der Waals surface area contributed by atoms with Crippen molar-refractivity contribution in [3.05, 3.63) is 22.4 Å². The highest BCUT2D eigenvalue weighted by molar-refractivity contribution is 7.07. The average Bonchev–Trinajstić information content (AvgIpc) is 2.69. The first-order chi connectivity index (χ1) is 6.77. The van der Waals surface area contributed by atoms with Gasteiger partial charge in [0.25, 0.3) is 0 Å². The van der Waals surface area contributed by atoms with E-state index in [0.29, 0.717) is 0 Å². The van der Waals surface area contributed by atoms with Crippen LogP contribution < -0.4 is 5.73 Å². The Labute approximate surface area is 88.8 Å². The Morgan fingerprint density at radius 2 is 2.14 bits per heavy atom. The van der Waals surface area contributed by atoms with Crippen LogP contribution in [0.25, 0.3) is 0 Å². The molecule has 0 aliphatic carbocycles. The summed E-state index contributed by atoms with van der Waals surface area (Å²) < 4.78 is 10.2. The van der Waals surface area contributed by atoms with Gasteiger partial charge in [-0.05, 0) is 35.2 Å². The molecule has 0 fully saturated rings. The van der Waals surface area contributed by atoms with Crippen molar-refractivity contribution in [2.24, 2.45) is 5.73 Å². The predicted octanol–water partition coefficient (Wildman–Crippen LogP) is 1.63. The fraction of sp³-hybridized carbons (Fsp3) is 0.600. The highest BCUT2D eigenvalue weighted by Gasteiger charge is 2.15. The predicted molar refractivity (Wildman–Crippen MR) is 58.4 cm³/mol. The van der Waals surface area contributed by atoms with E-state index in [1.165, 1.54) is 5.56 Å². The zero-order chi connectivity index (χ0) is 10.4. The van der Waals surface area contributed by atoms with E-state index in [0.717, 1.165) is 12.8 Å². The molecule has 1 unspecified atom stereocenters. The molecular formula is C10H17NO2S. The van der Waals surface area contributed by atoms with Crippen molar-refractivity contribution in [2.45, 2.75) is 25.2 Å². The monoisotopic (exact) mass is 215 g/mol. The van der Waals surface area contributed by atoms with Crippen LogP contribution in [0, 0.1) is 0 Å². The Balaban J connectivity index is 2.30. The van der Waals surface area contributed by atoms with Gasteiger partial charge in [0, 0.05) is 14.2 Å². The summed E-state index contributed by atoms with van der Waals surface area (Å²) in [6.07, 6.45) is 1.56. The van der Waals surface area contributed by atoms with Gasteiger partial charge < -0.3 is 15.2 Å². The molecule has 1 aromatic rings. The third-order valence-corrected chi connectivity index (χ3v) is 2.89. The number of nitrogens with two attached hydrogens (primary N) is 1. The van der Waals surface area contributed by atoms with E-state index in [9.17, 15) is 0 Å². The molecule has 1 heterocycles. The molecule has 4 heteroatoms. The largest absolute Gasteiger partial charge is 0.354 e. The summed E-state index contributed by atoms with van der Waals surface area (Å²) >= 11 is 1.71. The zero-order valence-electron chi connectivity index (χ0n) is 8.60. The maximum atomic E-state index is 5.91. The summed E-state index contributed by atoms with van der Waals surface area (Å²) in [5.74, 6) is 0. The van der Waals surface area contributed by atoms with E-state index >= 15 is 0 Å². The highest BCUT2D eigenvalue weighted by atomic mass is 32.1. The van der Waals surface area contributed by atoms with Crippen molar-refractivity contribution >= 4 is 11.3 Å². The molecule has 0 amide bonds. The Kier molecular flexibility index (Phi) is 5.11. The van der Waals surface area contributed by atoms with Gasteiger partial charge in [-0.2, -0.15) is 11.3 Å². The fourth-order valence-electron chi connectivity index (χ4n) is 1.35. The first-order valence-corrected chi connectivity index (χ1v) is 5.54. The number of ether oxygens (including phenoxy) is 2. The second kappa shape index (κ2) is 6.14. The minimum absolute atomic E-state index is 0.0649. The Hall–Kier alpha value is -0.420. The summed E-state index contributed by atoms with van der Waals surface area (Å²) in [5.41, 5.74) is 7.24. The molecule has 0 spiro atoms. The second-order valence-electron chi connectivity index (χ2n) is 3.17. The molecule has 14 heavy (non-hydrogen) atoms. The van der Waals surface area contributed by atoms with Crippen molar-refractivity contribution in [3.8, 4) is 0 Å². The highest BCUT2D eigenvalue weighted by Crippen LogP contribution is 2.11. The smallest absolute Gasteiger partial charge is 0.171 e. The van der Waals surface area contributed by atoms with Gasteiger partial charge in [-0.3, -0.25) is 0 Å². The van der Waals surface area contributed by atoms with Crippen LogP contribution in [0.3, 0.4) is 0 Å². The normalized spacial score (nSPS) is 13.4. The number of hydrogen-bond donors (Lipinski definition) is 1. The summed E-state index contributed by atoms with van der Waals surface area (Å²) in [5, 5.41) is 4.21. The molecule has 1 atom stereocenters. The first kappa shape index (κ1) is 11.7. The maximum Gasteiger partial charge on any atom is 0.171 e. The lowest BCUT2D eigenvalue weighted by Crippen LogP contribution is -2.37. The van der Waals surface area contributed by atoms with E-state index in [-0.39, 0.29) is 12.3 Å². The van der Waals surface area contributed by atoms with Crippen LogP contribution in [0.1, 0.15) is 12.0 Å². The SMILES string of the molecule is COC(OC)C(N)CCc1ccsc1. The Morgan fingerprint density at radius 3 is 2.64 bits per heavy atom. The lowest BCUT2D eigenvalue weighted by Gasteiger charge is -2.20. The van der Waals surface area contributed by atoms with Crippen LogP contribution in [-0.4, -0.2) is 26.6 Å². The fourth-order valence-corrected chi connectivity index (χ4v) is 2.05. The number of methoxy groups -OCH3 is 2. The van der Waals surface area contributed by atoms with Crippen LogP contribution in [0.5, 0.6) is 0 Å². The number of thiophene rings is 1. The van der Waals surface area contributed by atoms with Crippen molar-refractivity contribution in [3.63, 3.8) is 0 Å². The van der Waals surface area contributed by atoms with Crippen molar-refractivity contribution in [1.82, 2.24) is 0 Å². The van der Waals surface area contributed by atoms with Gasteiger partial charge in [0.05, 0.1) is 6.04 Å². The number of hydrogen-bond acceptors (Lipinski definition) is 4. The molecule has 0 aliphatic rings. The molecule has 3 nitrogen and oxygen atoms in total. The van der Waals surface area contributed by atoms with Gasteiger partial charge in [-0.1, -0.05) is 0 Å². The van der Waals surface area contributed by atoms with Gasteiger partial charge in [-0.15, -0.1) is 0 Å². The minimum atomic E-state index is -0.298. The molecule has 0 saturated heterocycles. The molecule has 0 saturated carbocycles. The summed E-state index contributed by atoms with van der Waals surface area (Å²) in [6.45, 7) is 0. The molecule has 2 N–H and O–H groups in total. The van der Waals surface area contributed by atoms with E-state index < -0.39 is 0 Å². The number of aryl methyl sites for hydroxylation is 1. The second-order valence-corrected chi connectivity index (χ2v) is 3.95. The van der Waals surface area contributed by atoms with Crippen molar-refractivity contribution in [2.75, 3.05) is 14.2 Å². The third kappa shape index (κ3) is 3.38. The molecular weight excluding hydrogens is 198 g/mol. The van der Waals surface area contributed by atoms with Gasteiger partial charge >= 0.3 is 0 Å². The summed E-state index contributed by atoms with van der Waals surface area (Å²) in [7, 11) is 3.22. The van der Waals surface area contributed by atoms with Crippen LogP contribution >= 0.6 is 11.3 Å². The lowest BCUT2D eigenvalue weighted by molar-refractivity contribution is -0.117. The summed E-state index contributed by atoms with van der Waals surface area (Å²) in [6, 6.07) is 2.05. The van der Waals surface area contributed by atoms with E-state index in [1.54, 1.807) is 25.6 Å². The lowest BCUT2D eigenvalue weighted by atomic mass is 10.1. The molecule has 0 radical (unpaired) electrons. The van der Waals surface area contributed by atoms with Crippen LogP contribution in [-0.2, 0) is 15.9 Å². The van der Waals surface area contributed by atoms with Gasteiger partial charge in [0.2, 0.25) is 0 Å². The van der Waals surface area contributed by atoms with Crippen LogP contribution in [0.15, 0.2) is 16.8 Å². The molecule has 1 rings (SSSR count). The zero-order valence-corrected chi connectivity index (χ0v) is 9.42. The molecule has 0 aliphatic heterocycles. The quantitative estimate of drug-likeness (QED) is 0.733. The minimum Gasteiger partial charge on any atom is -0.354 e. The maximum absolute atomic E-state index is 5.91. The van der Waals surface area contributed by atoms with Gasteiger partial charge in [-0.25, -0.2) is 0 Å².